The highest BCUT2D eigenvalue weighted by Gasteiger charge is 2.29. The van der Waals surface area contributed by atoms with Gasteiger partial charge in [0, 0.05) is 22.6 Å². The molecule has 3 atom stereocenters. The van der Waals surface area contributed by atoms with E-state index in [1.165, 1.54) is 23.1 Å². The minimum Gasteiger partial charge on any atom is -0.497 e. The number of nitrogens with zero attached hydrogens (tertiary/aromatic N) is 2. The molecule has 158 valence electrons. The molecule has 2 aromatic carbocycles. The maximum atomic E-state index is 12.7. The molecule has 1 heterocycles. The number of benzene rings is 2. The summed E-state index contributed by atoms with van der Waals surface area (Å²) in [6.45, 7) is 0. The van der Waals surface area contributed by atoms with Gasteiger partial charge in [0.2, 0.25) is 0 Å². The summed E-state index contributed by atoms with van der Waals surface area (Å²) >= 11 is 7.79. The lowest BCUT2D eigenvalue weighted by atomic mass is 10.1. The third kappa shape index (κ3) is 5.99. The van der Waals surface area contributed by atoms with Gasteiger partial charge in [0.15, 0.2) is 9.45 Å². The number of nitrogens with one attached hydrogen (secondary N) is 2. The molecule has 11 heteroatoms. The van der Waals surface area contributed by atoms with Gasteiger partial charge in [-0.2, -0.15) is 0 Å². The van der Waals surface area contributed by atoms with Crippen molar-refractivity contribution >= 4 is 51.2 Å². The highest BCUT2D eigenvalue weighted by atomic mass is 32.2. The number of ether oxygens (including phenoxy) is 1. The Kier molecular flexibility index (Phi) is 8.16. The van der Waals surface area contributed by atoms with E-state index < -0.39 is 10.8 Å². The Bertz CT molecular complexity index is 998. The van der Waals surface area contributed by atoms with Gasteiger partial charge in [-0.1, -0.05) is 65.6 Å². The predicted octanol–water partition coefficient (Wildman–Crippen LogP) is 3.09. The minimum atomic E-state index is -1.21. The van der Waals surface area contributed by atoms with Crippen LogP contribution in [0.4, 0.5) is 0 Å². The highest BCUT2D eigenvalue weighted by Crippen LogP contribution is 2.37. The number of rotatable bonds is 9. The summed E-state index contributed by atoms with van der Waals surface area (Å²) in [5.41, 5.74) is 13.4. The Hall–Kier alpha value is -2.05. The Morgan fingerprint density at radius 3 is 2.50 bits per heavy atom. The van der Waals surface area contributed by atoms with Crippen molar-refractivity contribution in [2.45, 2.75) is 15.0 Å². The van der Waals surface area contributed by atoms with Crippen molar-refractivity contribution in [3.05, 3.63) is 60.2 Å². The lowest BCUT2D eigenvalue weighted by Gasteiger charge is -2.26. The minimum absolute atomic E-state index is 0.0985. The van der Waals surface area contributed by atoms with Crippen LogP contribution in [0, 0.1) is 0 Å². The molecule has 0 bridgehead atoms. The largest absolute Gasteiger partial charge is 0.497 e. The molecule has 0 fully saturated rings. The maximum absolute atomic E-state index is 12.7. The molecule has 0 saturated carbocycles. The first-order valence-corrected chi connectivity index (χ1v) is 12.5. The molecule has 0 aliphatic rings. The van der Waals surface area contributed by atoms with E-state index in [0.717, 1.165) is 26.2 Å². The number of thioether (sulfide) groups is 1. The first-order chi connectivity index (χ1) is 14.5. The van der Waals surface area contributed by atoms with Gasteiger partial charge < -0.3 is 10.5 Å². The van der Waals surface area contributed by atoms with Gasteiger partial charge in [-0.3, -0.25) is 9.63 Å². The number of hydrogen-bond donors (Lipinski definition) is 3. The van der Waals surface area contributed by atoms with Gasteiger partial charge in [-0.25, -0.2) is 5.43 Å². The molecule has 3 aromatic rings. The molecule has 30 heavy (non-hydrogen) atoms. The molecule has 4 N–H and O–H groups in total. The maximum Gasteiger partial charge on any atom is 0.178 e. The van der Waals surface area contributed by atoms with Crippen molar-refractivity contribution in [1.82, 2.24) is 21.0 Å². The molecule has 0 spiro atoms. The average molecular weight is 480 g/mol. The van der Waals surface area contributed by atoms with Gasteiger partial charge >= 0.3 is 0 Å². The first-order valence-electron chi connectivity index (χ1n) is 8.80. The molecular formula is C19H21N5O2S4. The fourth-order valence-electron chi connectivity index (χ4n) is 2.65. The molecule has 0 radical (unpaired) electrons. The molecule has 0 amide bonds. The van der Waals surface area contributed by atoms with Gasteiger partial charge in [-0.05, 0) is 29.9 Å². The van der Waals surface area contributed by atoms with Crippen LogP contribution in [-0.2, 0) is 10.8 Å². The molecule has 3 rings (SSSR count). The molecule has 0 aliphatic carbocycles. The quantitative estimate of drug-likeness (QED) is 0.243. The van der Waals surface area contributed by atoms with Gasteiger partial charge in [-0.15, -0.1) is 10.2 Å². The van der Waals surface area contributed by atoms with Crippen LogP contribution in [0.1, 0.15) is 11.6 Å². The lowest BCUT2D eigenvalue weighted by molar-refractivity contribution is 0.414. The monoisotopic (exact) mass is 479 g/mol. The summed E-state index contributed by atoms with van der Waals surface area (Å²) in [6, 6.07) is 17.0. The van der Waals surface area contributed by atoms with Crippen LogP contribution >= 0.6 is 35.3 Å². The zero-order valence-corrected chi connectivity index (χ0v) is 19.5. The normalized spacial score (nSPS) is 13.9. The van der Waals surface area contributed by atoms with Crippen LogP contribution in [0.2, 0.25) is 0 Å². The first kappa shape index (κ1) is 22.6. The molecule has 1 unspecified atom stereocenters. The third-order valence-electron chi connectivity index (χ3n) is 4.07. The van der Waals surface area contributed by atoms with Crippen molar-refractivity contribution in [1.29, 1.82) is 0 Å². The molecule has 0 saturated heterocycles. The SMILES string of the molecule is COc1ccc([C@H](NNC(N)=S)[C@@H](Sc2nnc(-c3ccccc3)s2)S(C)=O)cc1. The Morgan fingerprint density at radius 2 is 1.90 bits per heavy atom. The van der Waals surface area contributed by atoms with Crippen LogP contribution in [0.3, 0.4) is 0 Å². The van der Waals surface area contributed by atoms with E-state index in [1.807, 2.05) is 54.6 Å². The standard InChI is InChI=1S/C19H21N5O2S4/c1-26-14-10-8-12(9-11-14)15(21-23-18(20)27)17(30(2)25)29-19-24-22-16(28-19)13-6-4-3-5-7-13/h3-11,15,17,21H,1-2H3,(H3,20,23,27)/t15-,17-,30?/m0/s1. The number of thiocarbonyl (C=S) groups is 1. The van der Waals surface area contributed by atoms with Crippen LogP contribution < -0.4 is 21.3 Å². The Morgan fingerprint density at radius 1 is 1.20 bits per heavy atom. The Balaban J connectivity index is 1.87. The fourth-order valence-corrected chi connectivity index (χ4v) is 6.29. The zero-order valence-electron chi connectivity index (χ0n) is 16.3. The van der Waals surface area contributed by atoms with Crippen molar-refractivity contribution in [3.8, 4) is 16.3 Å². The average Bonchev–Trinajstić information content (AvgIpc) is 3.22. The number of nitrogens with two attached hydrogens (primary N) is 1. The van der Waals surface area contributed by atoms with E-state index in [4.69, 9.17) is 22.7 Å². The fraction of sp³-hybridized carbons (Fsp3) is 0.211. The van der Waals surface area contributed by atoms with E-state index >= 15 is 0 Å². The van der Waals surface area contributed by atoms with Crippen LogP contribution in [0.5, 0.6) is 5.75 Å². The zero-order chi connectivity index (χ0) is 21.5. The van der Waals surface area contributed by atoms with Crippen LogP contribution in [-0.4, -0.2) is 37.5 Å². The lowest BCUT2D eigenvalue weighted by Crippen LogP contribution is -2.46. The summed E-state index contributed by atoms with van der Waals surface area (Å²) in [5.74, 6) is 0.734. The van der Waals surface area contributed by atoms with E-state index in [1.54, 1.807) is 13.4 Å². The third-order valence-corrected chi connectivity index (χ3v) is 8.29. The predicted molar refractivity (Wildman–Crippen MR) is 128 cm³/mol. The van der Waals surface area contributed by atoms with Crippen LogP contribution in [0.15, 0.2) is 58.9 Å². The summed E-state index contributed by atoms with van der Waals surface area (Å²) in [7, 11) is 0.402. The summed E-state index contributed by atoms with van der Waals surface area (Å²) in [5, 5.41) is 9.49. The highest BCUT2D eigenvalue weighted by molar-refractivity contribution is 8.12. The summed E-state index contributed by atoms with van der Waals surface area (Å²) in [6.07, 6.45) is 1.66. The second-order valence-corrected chi connectivity index (χ2v) is 10.7. The second-order valence-electron chi connectivity index (χ2n) is 6.11. The van der Waals surface area contributed by atoms with Crippen molar-refractivity contribution in [3.63, 3.8) is 0 Å². The Labute approximate surface area is 191 Å². The van der Waals surface area contributed by atoms with E-state index in [-0.39, 0.29) is 15.7 Å². The topological polar surface area (TPSA) is 102 Å². The number of hydrazine groups is 1. The van der Waals surface area contributed by atoms with E-state index in [9.17, 15) is 4.21 Å². The van der Waals surface area contributed by atoms with Gasteiger partial charge in [0.25, 0.3) is 0 Å². The number of methoxy groups -OCH3 is 1. The van der Waals surface area contributed by atoms with Crippen molar-refractivity contribution in [2.24, 2.45) is 5.73 Å². The number of hydrogen-bond acceptors (Lipinski definition) is 8. The van der Waals surface area contributed by atoms with Crippen LogP contribution in [0.25, 0.3) is 10.6 Å². The van der Waals surface area contributed by atoms with E-state index in [2.05, 4.69) is 21.0 Å². The summed E-state index contributed by atoms with van der Waals surface area (Å²) < 4.78 is 18.3. The molecule has 1 aromatic heterocycles. The smallest absolute Gasteiger partial charge is 0.178 e. The second kappa shape index (κ2) is 10.8. The number of aromatic nitrogens is 2. The van der Waals surface area contributed by atoms with Crippen molar-refractivity contribution in [2.75, 3.05) is 13.4 Å². The summed E-state index contributed by atoms with van der Waals surface area (Å²) in [4.78, 5) is 0. The van der Waals surface area contributed by atoms with Crippen molar-refractivity contribution < 1.29 is 8.95 Å². The van der Waals surface area contributed by atoms with Gasteiger partial charge in [0.05, 0.1) is 13.2 Å². The molecule has 0 aliphatic heterocycles. The molecular weight excluding hydrogens is 459 g/mol. The molecule has 7 nitrogen and oxygen atoms in total. The van der Waals surface area contributed by atoms with E-state index in [0.29, 0.717) is 0 Å². The van der Waals surface area contributed by atoms with Gasteiger partial charge in [0.1, 0.15) is 15.3 Å².